The van der Waals surface area contributed by atoms with Gasteiger partial charge in [0.15, 0.2) is 0 Å². The molecule has 0 bridgehead atoms. The summed E-state index contributed by atoms with van der Waals surface area (Å²) in [6, 6.07) is 0.786. The number of rotatable bonds is 2. The van der Waals surface area contributed by atoms with E-state index in [2.05, 4.69) is 5.32 Å². The molecule has 1 unspecified atom stereocenters. The zero-order chi connectivity index (χ0) is 13.3. The number of carboxylic acid groups (broad SMARTS) is 1. The van der Waals surface area contributed by atoms with Gasteiger partial charge in [-0.1, -0.05) is 0 Å². The van der Waals surface area contributed by atoms with E-state index >= 15 is 0 Å². The molecule has 2 amide bonds. The zero-order valence-electron chi connectivity index (χ0n) is 9.67. The fraction of sp³-hybridized carbons (Fsp3) is 0.364. The van der Waals surface area contributed by atoms with Gasteiger partial charge < -0.3 is 15.3 Å². The van der Waals surface area contributed by atoms with Crippen molar-refractivity contribution in [2.24, 2.45) is 0 Å². The van der Waals surface area contributed by atoms with Gasteiger partial charge in [-0.15, -0.1) is 11.3 Å². The number of piperazine rings is 1. The van der Waals surface area contributed by atoms with Crippen LogP contribution < -0.4 is 5.32 Å². The van der Waals surface area contributed by atoms with E-state index in [4.69, 9.17) is 5.11 Å². The van der Waals surface area contributed by atoms with Gasteiger partial charge >= 0.3 is 5.97 Å². The molecule has 1 aliphatic heterocycles. The molecule has 1 aliphatic rings. The molecule has 1 aromatic rings. The largest absolute Gasteiger partial charge is 0.480 e. The summed E-state index contributed by atoms with van der Waals surface area (Å²) in [5.41, 5.74) is 0.792. The highest BCUT2D eigenvalue weighted by molar-refractivity contribution is 7.12. The number of carbonyl (C=O) groups is 3. The average molecular weight is 268 g/mol. The molecule has 0 aliphatic carbocycles. The lowest BCUT2D eigenvalue weighted by Crippen LogP contribution is -2.59. The van der Waals surface area contributed by atoms with E-state index in [1.807, 2.05) is 0 Å². The van der Waals surface area contributed by atoms with E-state index < -0.39 is 17.9 Å². The first-order valence-electron chi connectivity index (χ1n) is 5.35. The Balaban J connectivity index is 2.28. The van der Waals surface area contributed by atoms with Crippen molar-refractivity contribution in [2.45, 2.75) is 13.0 Å². The molecule has 18 heavy (non-hydrogen) atoms. The molecule has 2 rings (SSSR count). The van der Waals surface area contributed by atoms with Gasteiger partial charge in [0, 0.05) is 6.54 Å². The number of aliphatic carboxylic acids is 1. The highest BCUT2D eigenvalue weighted by Crippen LogP contribution is 2.20. The van der Waals surface area contributed by atoms with E-state index in [-0.39, 0.29) is 19.0 Å². The molecule has 2 heterocycles. The molecule has 0 radical (unpaired) electrons. The molecule has 1 fully saturated rings. The van der Waals surface area contributed by atoms with E-state index in [9.17, 15) is 14.4 Å². The van der Waals surface area contributed by atoms with Gasteiger partial charge in [0.05, 0.1) is 4.88 Å². The van der Waals surface area contributed by atoms with Gasteiger partial charge in [0.25, 0.3) is 5.91 Å². The fourth-order valence-corrected chi connectivity index (χ4v) is 2.68. The summed E-state index contributed by atoms with van der Waals surface area (Å²) < 4.78 is 0. The summed E-state index contributed by atoms with van der Waals surface area (Å²) in [5.74, 6) is -1.85. The van der Waals surface area contributed by atoms with Gasteiger partial charge in [0.2, 0.25) is 5.91 Å². The van der Waals surface area contributed by atoms with Crippen LogP contribution in [0.25, 0.3) is 0 Å². The number of carboxylic acids is 1. The van der Waals surface area contributed by atoms with Crippen molar-refractivity contribution >= 4 is 29.1 Å². The predicted octanol–water partition coefficient (Wildman–Crippen LogP) is 0.0817. The first-order chi connectivity index (χ1) is 8.50. The lowest BCUT2D eigenvalue weighted by Gasteiger charge is -2.32. The summed E-state index contributed by atoms with van der Waals surface area (Å²) >= 11 is 1.25. The van der Waals surface area contributed by atoms with E-state index in [1.165, 1.54) is 11.3 Å². The quantitative estimate of drug-likeness (QED) is 0.795. The van der Waals surface area contributed by atoms with Crippen LogP contribution in [0, 0.1) is 6.92 Å². The molecule has 2 N–H and O–H groups in total. The predicted molar refractivity (Wildman–Crippen MR) is 64.5 cm³/mol. The minimum Gasteiger partial charge on any atom is -0.480 e. The lowest BCUT2D eigenvalue weighted by atomic mass is 10.1. The smallest absolute Gasteiger partial charge is 0.328 e. The molecule has 1 saturated heterocycles. The number of nitrogens with one attached hydrogen (secondary N) is 1. The molecule has 7 heteroatoms. The molecule has 1 aromatic heterocycles. The maximum Gasteiger partial charge on any atom is 0.328 e. The van der Waals surface area contributed by atoms with Gasteiger partial charge in [-0.2, -0.15) is 0 Å². The number of amides is 2. The van der Waals surface area contributed by atoms with Crippen LogP contribution in [0.4, 0.5) is 0 Å². The average Bonchev–Trinajstić information content (AvgIpc) is 2.74. The third-order valence-electron chi connectivity index (χ3n) is 2.79. The van der Waals surface area contributed by atoms with Crippen LogP contribution in [-0.2, 0) is 9.59 Å². The van der Waals surface area contributed by atoms with E-state index in [1.54, 1.807) is 18.4 Å². The Bertz CT molecular complexity index is 511. The second-order valence-corrected chi connectivity index (χ2v) is 4.94. The van der Waals surface area contributed by atoms with Crippen molar-refractivity contribution in [3.63, 3.8) is 0 Å². The molecule has 0 saturated carbocycles. The van der Waals surface area contributed by atoms with Crippen LogP contribution >= 0.6 is 11.3 Å². The van der Waals surface area contributed by atoms with Crippen molar-refractivity contribution in [3.05, 3.63) is 21.9 Å². The van der Waals surface area contributed by atoms with Crippen molar-refractivity contribution < 1.29 is 19.5 Å². The van der Waals surface area contributed by atoms with Crippen LogP contribution in [0.3, 0.4) is 0 Å². The van der Waals surface area contributed by atoms with E-state index in [0.717, 1.165) is 10.5 Å². The Kier molecular flexibility index (Phi) is 3.33. The molecule has 0 spiro atoms. The third-order valence-corrected chi connectivity index (χ3v) is 3.79. The first kappa shape index (κ1) is 12.6. The standard InChI is InChI=1S/C11H12N2O4S/c1-6-2-3-18-9(6)10(15)13-5-8(14)12-4-7(13)11(16)17/h2-3,7H,4-5H2,1H3,(H,12,14)(H,16,17). The Morgan fingerprint density at radius 2 is 2.28 bits per heavy atom. The number of hydrogen-bond acceptors (Lipinski definition) is 4. The fourth-order valence-electron chi connectivity index (χ4n) is 1.80. The van der Waals surface area contributed by atoms with Gasteiger partial charge in [-0.05, 0) is 23.9 Å². The summed E-state index contributed by atoms with van der Waals surface area (Å²) in [5, 5.41) is 13.3. The lowest BCUT2D eigenvalue weighted by molar-refractivity contribution is -0.144. The summed E-state index contributed by atoms with van der Waals surface area (Å²) in [7, 11) is 0. The minimum atomic E-state index is -1.11. The topological polar surface area (TPSA) is 86.7 Å². The number of aryl methyl sites for hydroxylation is 1. The second-order valence-electron chi connectivity index (χ2n) is 4.02. The maximum atomic E-state index is 12.2. The Hall–Kier alpha value is -1.89. The van der Waals surface area contributed by atoms with Crippen LogP contribution in [0.15, 0.2) is 11.4 Å². The molecular weight excluding hydrogens is 256 g/mol. The number of nitrogens with zero attached hydrogens (tertiary/aromatic N) is 1. The van der Waals surface area contributed by atoms with Crippen molar-refractivity contribution in [2.75, 3.05) is 13.1 Å². The van der Waals surface area contributed by atoms with Gasteiger partial charge in [-0.3, -0.25) is 9.59 Å². The van der Waals surface area contributed by atoms with Crippen LogP contribution in [0.2, 0.25) is 0 Å². The summed E-state index contributed by atoms with van der Waals surface area (Å²) in [4.78, 5) is 36.2. The zero-order valence-corrected chi connectivity index (χ0v) is 10.5. The Labute approximate surface area is 107 Å². The molecular formula is C11H12N2O4S. The molecule has 0 aromatic carbocycles. The summed E-state index contributed by atoms with van der Waals surface area (Å²) in [6.45, 7) is 1.51. The van der Waals surface area contributed by atoms with Gasteiger partial charge in [0.1, 0.15) is 12.6 Å². The Morgan fingerprint density at radius 3 is 2.83 bits per heavy atom. The van der Waals surface area contributed by atoms with Crippen LogP contribution in [0.5, 0.6) is 0 Å². The first-order valence-corrected chi connectivity index (χ1v) is 6.23. The normalized spacial score (nSPS) is 19.5. The highest BCUT2D eigenvalue weighted by Gasteiger charge is 2.36. The van der Waals surface area contributed by atoms with Crippen molar-refractivity contribution in [3.8, 4) is 0 Å². The van der Waals surface area contributed by atoms with Crippen LogP contribution in [-0.4, -0.2) is 46.9 Å². The van der Waals surface area contributed by atoms with Crippen molar-refractivity contribution in [1.29, 1.82) is 0 Å². The summed E-state index contributed by atoms with van der Waals surface area (Å²) in [6.07, 6.45) is 0. The van der Waals surface area contributed by atoms with Crippen molar-refractivity contribution in [1.82, 2.24) is 10.2 Å². The number of hydrogen-bond donors (Lipinski definition) is 2. The number of carbonyl (C=O) groups excluding carboxylic acids is 2. The number of thiophene rings is 1. The molecule has 1 atom stereocenters. The second kappa shape index (κ2) is 4.77. The molecule has 96 valence electrons. The SMILES string of the molecule is Cc1ccsc1C(=O)N1CC(=O)NCC1C(=O)O. The monoisotopic (exact) mass is 268 g/mol. The molecule has 6 nitrogen and oxygen atoms in total. The van der Waals surface area contributed by atoms with Gasteiger partial charge in [-0.25, -0.2) is 4.79 Å². The maximum absolute atomic E-state index is 12.2. The third kappa shape index (κ3) is 2.21. The van der Waals surface area contributed by atoms with E-state index in [0.29, 0.717) is 4.88 Å². The Morgan fingerprint density at radius 1 is 1.56 bits per heavy atom. The minimum absolute atomic E-state index is 0.0513. The van der Waals surface area contributed by atoms with Crippen LogP contribution in [0.1, 0.15) is 15.2 Å². The highest BCUT2D eigenvalue weighted by atomic mass is 32.1.